The molecule has 0 aliphatic heterocycles. The molecule has 0 spiro atoms. The second kappa shape index (κ2) is 8.26. The standard InChI is InChI=1S/C15H25N3O3S/c1-12-4-7-14(8-5-12)22(20,21)17-10-11-18(3)15(19)9-6-13(2)16/h4-5,7-8,13,17H,6,9-11,16H2,1-3H3. The van der Waals surface area contributed by atoms with Crippen LogP contribution in [0.1, 0.15) is 25.3 Å². The molecule has 0 fully saturated rings. The Bertz CT molecular complexity index is 583. The molecule has 0 aliphatic rings. The van der Waals surface area contributed by atoms with Gasteiger partial charge in [-0.25, -0.2) is 13.1 Å². The quantitative estimate of drug-likeness (QED) is 0.740. The van der Waals surface area contributed by atoms with E-state index in [1.54, 1.807) is 31.3 Å². The zero-order valence-corrected chi connectivity index (χ0v) is 14.2. The fourth-order valence-electron chi connectivity index (χ4n) is 1.82. The first kappa shape index (κ1) is 18.6. The van der Waals surface area contributed by atoms with Crippen LogP contribution in [0.4, 0.5) is 0 Å². The molecule has 0 aliphatic carbocycles. The van der Waals surface area contributed by atoms with Crippen molar-refractivity contribution in [3.05, 3.63) is 29.8 Å². The van der Waals surface area contributed by atoms with Crippen molar-refractivity contribution in [1.29, 1.82) is 0 Å². The van der Waals surface area contributed by atoms with Crippen molar-refractivity contribution >= 4 is 15.9 Å². The van der Waals surface area contributed by atoms with Crippen LogP contribution in [0.5, 0.6) is 0 Å². The maximum atomic E-state index is 12.1. The molecule has 0 saturated heterocycles. The molecule has 0 heterocycles. The number of nitrogens with two attached hydrogens (primary N) is 1. The van der Waals surface area contributed by atoms with Crippen LogP contribution in [0.25, 0.3) is 0 Å². The van der Waals surface area contributed by atoms with Crippen molar-refractivity contribution in [3.63, 3.8) is 0 Å². The summed E-state index contributed by atoms with van der Waals surface area (Å²) in [6, 6.07) is 6.61. The summed E-state index contributed by atoms with van der Waals surface area (Å²) in [5, 5.41) is 0. The molecule has 22 heavy (non-hydrogen) atoms. The van der Waals surface area contributed by atoms with Crippen molar-refractivity contribution < 1.29 is 13.2 Å². The number of sulfonamides is 1. The summed E-state index contributed by atoms with van der Waals surface area (Å²) in [5.41, 5.74) is 6.61. The minimum absolute atomic E-state index is 0.0163. The third-order valence-corrected chi connectivity index (χ3v) is 4.79. The normalized spacial score (nSPS) is 12.9. The van der Waals surface area contributed by atoms with Gasteiger partial charge in [-0.2, -0.15) is 0 Å². The summed E-state index contributed by atoms with van der Waals surface area (Å²) in [6.45, 7) is 4.25. The highest BCUT2D eigenvalue weighted by Gasteiger charge is 2.14. The Hall–Kier alpha value is -1.44. The van der Waals surface area contributed by atoms with Gasteiger partial charge in [0.15, 0.2) is 0 Å². The lowest BCUT2D eigenvalue weighted by Crippen LogP contribution is -2.36. The molecular weight excluding hydrogens is 302 g/mol. The van der Waals surface area contributed by atoms with Crippen LogP contribution in [0, 0.1) is 6.92 Å². The summed E-state index contributed by atoms with van der Waals surface area (Å²) in [7, 11) is -1.88. The van der Waals surface area contributed by atoms with Crippen molar-refractivity contribution in [3.8, 4) is 0 Å². The molecular formula is C15H25N3O3S. The number of hydrogen-bond acceptors (Lipinski definition) is 4. The topological polar surface area (TPSA) is 92.5 Å². The lowest BCUT2D eigenvalue weighted by molar-refractivity contribution is -0.130. The number of nitrogens with one attached hydrogen (secondary N) is 1. The van der Waals surface area contributed by atoms with E-state index < -0.39 is 10.0 Å². The molecule has 1 rings (SSSR count). The second-order valence-corrected chi connectivity index (χ2v) is 7.31. The lowest BCUT2D eigenvalue weighted by atomic mass is 10.2. The Kier molecular flexibility index (Phi) is 6.99. The Labute approximate surface area is 132 Å². The van der Waals surface area contributed by atoms with E-state index in [0.29, 0.717) is 19.4 Å². The molecule has 1 atom stereocenters. The van der Waals surface area contributed by atoms with E-state index in [0.717, 1.165) is 5.56 Å². The van der Waals surface area contributed by atoms with E-state index in [4.69, 9.17) is 5.73 Å². The van der Waals surface area contributed by atoms with E-state index in [2.05, 4.69) is 4.72 Å². The van der Waals surface area contributed by atoms with Gasteiger partial charge in [0.2, 0.25) is 15.9 Å². The predicted molar refractivity (Wildman–Crippen MR) is 86.9 cm³/mol. The largest absolute Gasteiger partial charge is 0.344 e. The number of benzene rings is 1. The van der Waals surface area contributed by atoms with Gasteiger partial charge in [0.25, 0.3) is 0 Å². The fourth-order valence-corrected chi connectivity index (χ4v) is 2.84. The molecule has 1 amide bonds. The number of likely N-dealkylation sites (N-methyl/N-ethyl adjacent to an activating group) is 1. The van der Waals surface area contributed by atoms with Crippen LogP contribution < -0.4 is 10.5 Å². The minimum Gasteiger partial charge on any atom is -0.344 e. The van der Waals surface area contributed by atoms with Crippen molar-refractivity contribution in [2.45, 2.75) is 37.6 Å². The first-order valence-electron chi connectivity index (χ1n) is 7.28. The van der Waals surface area contributed by atoms with Gasteiger partial charge < -0.3 is 10.6 Å². The molecule has 0 saturated carbocycles. The van der Waals surface area contributed by atoms with Crippen LogP contribution in [0.2, 0.25) is 0 Å². The van der Waals surface area contributed by atoms with Gasteiger partial charge in [-0.15, -0.1) is 0 Å². The van der Waals surface area contributed by atoms with Gasteiger partial charge in [-0.05, 0) is 32.4 Å². The molecule has 1 aromatic rings. The molecule has 124 valence electrons. The van der Waals surface area contributed by atoms with E-state index in [1.807, 2.05) is 13.8 Å². The Morgan fingerprint density at radius 1 is 1.32 bits per heavy atom. The Balaban J connectivity index is 2.45. The van der Waals surface area contributed by atoms with E-state index >= 15 is 0 Å². The molecule has 6 nitrogen and oxygen atoms in total. The molecule has 1 aromatic carbocycles. The minimum atomic E-state index is -3.53. The zero-order valence-electron chi connectivity index (χ0n) is 13.4. The number of aryl methyl sites for hydroxylation is 1. The molecule has 0 aromatic heterocycles. The maximum Gasteiger partial charge on any atom is 0.240 e. The van der Waals surface area contributed by atoms with Gasteiger partial charge in [-0.3, -0.25) is 4.79 Å². The highest BCUT2D eigenvalue weighted by molar-refractivity contribution is 7.89. The Morgan fingerprint density at radius 3 is 2.45 bits per heavy atom. The number of rotatable bonds is 8. The number of carbonyl (C=O) groups excluding carboxylic acids is 1. The van der Waals surface area contributed by atoms with Gasteiger partial charge in [-0.1, -0.05) is 17.7 Å². The summed E-state index contributed by atoms with van der Waals surface area (Å²) in [4.78, 5) is 13.5. The van der Waals surface area contributed by atoms with Crippen LogP contribution in [-0.4, -0.2) is 45.4 Å². The molecule has 3 N–H and O–H groups in total. The van der Waals surface area contributed by atoms with E-state index in [-0.39, 0.29) is 23.4 Å². The Morgan fingerprint density at radius 2 is 1.91 bits per heavy atom. The molecule has 0 radical (unpaired) electrons. The first-order chi connectivity index (χ1) is 10.2. The number of hydrogen-bond donors (Lipinski definition) is 2. The maximum absolute atomic E-state index is 12.1. The zero-order chi connectivity index (χ0) is 16.8. The highest BCUT2D eigenvalue weighted by Crippen LogP contribution is 2.09. The summed E-state index contributed by atoms with van der Waals surface area (Å²) < 4.78 is 26.7. The SMILES string of the molecule is Cc1ccc(S(=O)(=O)NCCN(C)C(=O)CCC(C)N)cc1. The van der Waals surface area contributed by atoms with Crippen molar-refractivity contribution in [1.82, 2.24) is 9.62 Å². The number of carbonyl (C=O) groups is 1. The predicted octanol–water partition coefficient (Wildman–Crippen LogP) is 0.859. The fraction of sp³-hybridized carbons (Fsp3) is 0.533. The first-order valence-corrected chi connectivity index (χ1v) is 8.76. The third kappa shape index (κ3) is 6.13. The third-order valence-electron chi connectivity index (χ3n) is 3.31. The number of amides is 1. The summed E-state index contributed by atoms with van der Waals surface area (Å²) >= 11 is 0. The van der Waals surface area contributed by atoms with Gasteiger partial charge in [0.1, 0.15) is 0 Å². The monoisotopic (exact) mass is 327 g/mol. The lowest BCUT2D eigenvalue weighted by Gasteiger charge is -2.18. The second-order valence-electron chi connectivity index (χ2n) is 5.54. The summed E-state index contributed by atoms with van der Waals surface area (Å²) in [5.74, 6) is -0.0353. The van der Waals surface area contributed by atoms with Crippen LogP contribution in [0.15, 0.2) is 29.2 Å². The van der Waals surface area contributed by atoms with E-state index in [9.17, 15) is 13.2 Å². The smallest absolute Gasteiger partial charge is 0.240 e. The van der Waals surface area contributed by atoms with Crippen molar-refractivity contribution in [2.24, 2.45) is 5.73 Å². The average Bonchev–Trinajstić information content (AvgIpc) is 2.44. The number of nitrogens with zero attached hydrogens (tertiary/aromatic N) is 1. The van der Waals surface area contributed by atoms with Gasteiger partial charge in [0.05, 0.1) is 4.90 Å². The van der Waals surface area contributed by atoms with Crippen molar-refractivity contribution in [2.75, 3.05) is 20.1 Å². The average molecular weight is 327 g/mol. The van der Waals surface area contributed by atoms with Crippen LogP contribution in [-0.2, 0) is 14.8 Å². The van der Waals surface area contributed by atoms with Crippen LogP contribution >= 0.6 is 0 Å². The molecule has 1 unspecified atom stereocenters. The molecule has 0 bridgehead atoms. The molecule has 7 heteroatoms. The van der Waals surface area contributed by atoms with Gasteiger partial charge >= 0.3 is 0 Å². The highest BCUT2D eigenvalue weighted by atomic mass is 32.2. The van der Waals surface area contributed by atoms with Gasteiger partial charge in [0, 0.05) is 32.6 Å². The van der Waals surface area contributed by atoms with E-state index in [1.165, 1.54) is 4.90 Å². The summed E-state index contributed by atoms with van der Waals surface area (Å²) in [6.07, 6.45) is 0.997. The van der Waals surface area contributed by atoms with Crippen LogP contribution in [0.3, 0.4) is 0 Å².